The molecule has 0 aliphatic carbocycles. The van der Waals surface area contributed by atoms with Gasteiger partial charge in [0.05, 0.1) is 55.8 Å². The molecule has 5 aliphatic heterocycles. The van der Waals surface area contributed by atoms with Gasteiger partial charge < -0.3 is 60.3 Å². The third-order valence-electron chi connectivity index (χ3n) is 19.8. The van der Waals surface area contributed by atoms with Gasteiger partial charge in [-0.3, -0.25) is 41.6 Å². The summed E-state index contributed by atoms with van der Waals surface area (Å²) in [5.41, 5.74) is 7.97. The number of rotatable bonds is 19. The van der Waals surface area contributed by atoms with Crippen LogP contribution in [0.25, 0.3) is 55.1 Å². The normalized spacial score (nSPS) is 24.5. The first-order valence-electron chi connectivity index (χ1n) is 36.5. The van der Waals surface area contributed by atoms with Crippen molar-refractivity contribution in [3.05, 3.63) is 205 Å². The third kappa shape index (κ3) is 16.4. The van der Waals surface area contributed by atoms with Gasteiger partial charge >= 0.3 is 15.6 Å². The van der Waals surface area contributed by atoms with E-state index in [-0.39, 0.29) is 70.9 Å². The average Bonchev–Trinajstić information content (AvgIpc) is 1.51. The first kappa shape index (κ1) is 80.3. The Labute approximate surface area is 655 Å². The van der Waals surface area contributed by atoms with E-state index in [2.05, 4.69) is 102 Å². The van der Waals surface area contributed by atoms with Gasteiger partial charge in [0.15, 0.2) is 92.8 Å². The summed E-state index contributed by atoms with van der Waals surface area (Å²) in [6.45, 7) is 9.13. The lowest BCUT2D eigenvalue weighted by molar-refractivity contribution is -0.0674. The van der Waals surface area contributed by atoms with Crippen molar-refractivity contribution >= 4 is 102 Å². The number of nitrogens with one attached hydrogen (secondary N) is 4. The SMILES string of the molecule is CC[C@H]1O[C@@H](n2cnc3c(NC(=O)c4ccccc4)ncnc32)[C@@H](O)[C@@H]1N=[N+]=[N-].CC[C@H]1O[C@@H](n2cnc3c(NC(=O)c4ccccc4)ncnc32)[C@H](O)[C@@H]1O.CC[C@H]1O[C@@H](n2cnc3c(NC(=O)c4ccccc4)ncnc32)[C@H](OS(=O)(=O)C(F)(F)F)[C@@H]1C.CC[C@H]1O[C@@H](n2cnc3c(NC(=O)c4ccccc4)ncnc32)[C@H]2O[C@H]21. The van der Waals surface area contributed by atoms with Gasteiger partial charge in [-0.05, 0) is 79.7 Å². The lowest BCUT2D eigenvalue weighted by atomic mass is 9.99. The standard InChI is InChI=1S/C20H20F3N5O5S.C18H18N8O3.C18H19N5O4.C18H17N5O3/c1-3-13-11(2)15(33-34(30,31)20(21,22)23)19(32-13)28-10-26-14-16(24-9-25-17(14)28)27-18(29)12-7-5-4-6-8-12;1-2-11-12(24-25-19)14(27)18(29-11)26-9-22-13-15(20-8-21-16(13)26)23-17(28)10-6-4-3-5-7-10;1-2-11-13(24)14(25)18(27-11)23-9-21-12-15(19-8-20-16(12)23)22-17(26)10-6-4-3-5-7-10;1-2-11-13-14(26-13)18(25-11)23-9-21-12-15(19-8-20-16(12)23)22-17(24)10-6-4-3-5-7-10/h4-11,13,15,19H,3H2,1-2H3,(H,24,25,27,29);3-9,11-12,14,18,27H,2H2,1H3,(H,20,21,23,28);3-9,11,13-14,18,24-25H,2H2,1H3,(H,19,20,22,26);3-9,11,13-14,18H,2H2,1H3,(H,19,20,22,24)/t11-,13-,15-,19-;11-,12-,14+,18-;11-,13-,14-,18-;11-,13+,14+,18-/m1111/s1. The second-order valence-electron chi connectivity index (χ2n) is 26.9. The fourth-order valence-electron chi connectivity index (χ4n) is 13.8. The van der Waals surface area contributed by atoms with E-state index in [1.807, 2.05) is 48.7 Å². The first-order valence-corrected chi connectivity index (χ1v) is 37.9. The maximum absolute atomic E-state index is 13.0. The molecule has 13 heterocycles. The van der Waals surface area contributed by atoms with Gasteiger partial charge in [-0.25, -0.2) is 59.8 Å². The molecule has 8 aromatic heterocycles. The Hall–Kier alpha value is -12.4. The zero-order chi connectivity index (χ0) is 81.7. The number of alkyl halides is 3. The predicted octanol–water partition coefficient (Wildman–Crippen LogP) is 8.94. The maximum atomic E-state index is 13.0. The number of aliphatic hydroxyl groups is 3. The summed E-state index contributed by atoms with van der Waals surface area (Å²) in [5.74, 6) is -1.09. The Bertz CT molecular complexity index is 5700. The first-order chi connectivity index (χ1) is 56.0. The summed E-state index contributed by atoms with van der Waals surface area (Å²) < 4.78 is 103. The van der Waals surface area contributed by atoms with Crippen molar-refractivity contribution in [3.8, 4) is 0 Å². The van der Waals surface area contributed by atoms with Crippen molar-refractivity contribution in [1.82, 2.24) is 78.1 Å². The Morgan fingerprint density at radius 3 is 1.11 bits per heavy atom. The van der Waals surface area contributed by atoms with Crippen LogP contribution in [0.3, 0.4) is 0 Å². The number of hydrogen-bond donors (Lipinski definition) is 7. The molecule has 12 aromatic rings. The highest BCUT2D eigenvalue weighted by atomic mass is 32.2. The Kier molecular flexibility index (Phi) is 23.8. The van der Waals surface area contributed by atoms with Crippen molar-refractivity contribution in [1.29, 1.82) is 0 Å². The van der Waals surface area contributed by atoms with E-state index in [9.17, 15) is 56.1 Å². The molecule has 4 aromatic carbocycles. The molecule has 5 saturated heterocycles. The number of carbonyl (C=O) groups is 4. The summed E-state index contributed by atoms with van der Waals surface area (Å²) in [6, 6.07) is 34.1. The minimum Gasteiger partial charge on any atom is -0.388 e. The third-order valence-corrected chi connectivity index (χ3v) is 20.9. The molecule has 4 amide bonds. The number of imidazole rings is 4. The largest absolute Gasteiger partial charge is 0.523 e. The molecule has 38 nitrogen and oxygen atoms in total. The fraction of sp³-hybridized carbons (Fsp3) is 0.351. The molecule has 0 bridgehead atoms. The number of ether oxygens (including phenoxy) is 5. The fourth-order valence-corrected chi connectivity index (χ4v) is 14.5. The molecule has 116 heavy (non-hydrogen) atoms. The minimum absolute atomic E-state index is 0.0367. The number of halogens is 3. The highest BCUT2D eigenvalue weighted by molar-refractivity contribution is 7.87. The lowest BCUT2D eigenvalue weighted by Crippen LogP contribution is -2.35. The van der Waals surface area contributed by atoms with Crippen LogP contribution in [-0.2, 0) is 38.0 Å². The minimum atomic E-state index is -5.88. The van der Waals surface area contributed by atoms with Gasteiger partial charge in [0.1, 0.15) is 61.9 Å². The number of epoxide rings is 1. The van der Waals surface area contributed by atoms with Crippen LogP contribution in [0.5, 0.6) is 0 Å². The van der Waals surface area contributed by atoms with Gasteiger partial charge in [-0.15, -0.1) is 0 Å². The van der Waals surface area contributed by atoms with E-state index >= 15 is 0 Å². The van der Waals surface area contributed by atoms with E-state index in [4.69, 9.17) is 29.2 Å². The molecule has 17 rings (SSSR count). The summed E-state index contributed by atoms with van der Waals surface area (Å²) >= 11 is 0. The molecule has 7 N–H and O–H groups in total. The second kappa shape index (κ2) is 34.4. The Morgan fingerprint density at radius 1 is 0.448 bits per heavy atom. The van der Waals surface area contributed by atoms with Gasteiger partial charge in [0, 0.05) is 33.1 Å². The van der Waals surface area contributed by atoms with Gasteiger partial charge in [-0.2, -0.15) is 21.6 Å². The molecular weight excluding hydrogens is 1540 g/mol. The zero-order valence-electron chi connectivity index (χ0n) is 62.0. The number of amides is 4. The molecule has 5 fully saturated rings. The van der Waals surface area contributed by atoms with Crippen LogP contribution < -0.4 is 21.3 Å². The summed E-state index contributed by atoms with van der Waals surface area (Å²) in [6.07, 6.45) is 4.39. The molecule has 42 heteroatoms. The van der Waals surface area contributed by atoms with E-state index in [1.54, 1.807) is 120 Å². The number of aliphatic hydroxyl groups excluding tert-OH is 3. The summed E-state index contributed by atoms with van der Waals surface area (Å²) in [4.78, 5) is 103. The van der Waals surface area contributed by atoms with Crippen molar-refractivity contribution in [2.45, 2.75) is 158 Å². The lowest BCUT2D eigenvalue weighted by Gasteiger charge is -2.22. The van der Waals surface area contributed by atoms with E-state index in [1.165, 1.54) is 42.5 Å². The molecule has 0 unspecified atom stereocenters. The van der Waals surface area contributed by atoms with Crippen molar-refractivity contribution in [3.63, 3.8) is 0 Å². The van der Waals surface area contributed by atoms with E-state index in [0.717, 1.165) is 12.7 Å². The van der Waals surface area contributed by atoms with E-state index in [0.29, 0.717) is 80.8 Å². The number of benzene rings is 4. The topological polar surface area (TPSA) is 493 Å². The quantitative estimate of drug-likeness (QED) is 0.00991. The van der Waals surface area contributed by atoms with Crippen molar-refractivity contribution in [2.75, 3.05) is 21.3 Å². The highest BCUT2D eigenvalue weighted by Gasteiger charge is 2.59. The predicted molar refractivity (Wildman–Crippen MR) is 404 cm³/mol. The number of hydrogen-bond acceptors (Lipinski definition) is 28. The summed E-state index contributed by atoms with van der Waals surface area (Å²) in [5, 5.41) is 45.6. The van der Waals surface area contributed by atoms with Crippen LogP contribution in [0, 0.1) is 5.92 Å². The molecule has 0 saturated carbocycles. The summed E-state index contributed by atoms with van der Waals surface area (Å²) in [7, 11) is -5.88. The maximum Gasteiger partial charge on any atom is 0.523 e. The molecule has 16 atom stereocenters. The number of nitrogens with zero attached hydrogens (tertiary/aromatic N) is 19. The zero-order valence-corrected chi connectivity index (χ0v) is 62.8. The molecule has 0 spiro atoms. The Balaban J connectivity index is 0.000000128. The van der Waals surface area contributed by atoms with Crippen molar-refractivity contribution in [2.24, 2.45) is 11.0 Å². The van der Waals surface area contributed by atoms with Crippen molar-refractivity contribution < 1.29 is 84.0 Å². The van der Waals surface area contributed by atoms with Crippen LogP contribution in [0.2, 0.25) is 0 Å². The van der Waals surface area contributed by atoms with E-state index < -0.39 is 94.9 Å². The molecule has 0 radical (unpaired) electrons. The number of azide groups is 1. The number of carbonyl (C=O) groups excluding carboxylic acids is 4. The molecular formula is C74H74F3N23O15S. The number of anilines is 4. The molecule has 602 valence electrons. The van der Waals surface area contributed by atoms with Crippen LogP contribution in [0.15, 0.2) is 177 Å². The molecule has 5 aliphatic rings. The number of aromatic nitrogens is 16. The number of fused-ring (bicyclic) bond motifs is 5. The van der Waals surface area contributed by atoms with Crippen LogP contribution in [0.4, 0.5) is 36.4 Å². The van der Waals surface area contributed by atoms with Gasteiger partial charge in [0.2, 0.25) is 0 Å². The monoisotopic (exact) mass is 1610 g/mol. The van der Waals surface area contributed by atoms with Gasteiger partial charge in [-0.1, -0.05) is 113 Å². The second-order valence-corrected chi connectivity index (χ2v) is 28.5. The van der Waals surface area contributed by atoms with Crippen LogP contribution in [0.1, 0.15) is 127 Å². The highest BCUT2D eigenvalue weighted by Crippen LogP contribution is 2.47. The van der Waals surface area contributed by atoms with Gasteiger partial charge in [0.25, 0.3) is 23.6 Å². The van der Waals surface area contributed by atoms with Crippen LogP contribution >= 0.6 is 0 Å². The smallest absolute Gasteiger partial charge is 0.388 e. The Morgan fingerprint density at radius 2 is 0.776 bits per heavy atom. The average molecular weight is 1610 g/mol. The van der Waals surface area contributed by atoms with Crippen LogP contribution in [-0.4, -0.2) is 198 Å².